The molecule has 0 aliphatic heterocycles. The van der Waals surface area contributed by atoms with E-state index in [0.29, 0.717) is 5.69 Å². The smallest absolute Gasteiger partial charge is 0.340 e. The number of non-ortho nitro benzene ring substituents is 1. The van der Waals surface area contributed by atoms with E-state index >= 15 is 0 Å². The molecule has 1 amide bonds. The summed E-state index contributed by atoms with van der Waals surface area (Å²) >= 11 is 5.99. The number of nitrogens with one attached hydrogen (secondary N) is 1. The van der Waals surface area contributed by atoms with Gasteiger partial charge in [0.15, 0.2) is 0 Å². The molecule has 0 atom stereocenters. The van der Waals surface area contributed by atoms with Crippen LogP contribution in [-0.4, -0.2) is 21.8 Å². The summed E-state index contributed by atoms with van der Waals surface area (Å²) in [5, 5.41) is 13.3. The van der Waals surface area contributed by atoms with Crippen LogP contribution in [0.2, 0.25) is 5.02 Å². The van der Waals surface area contributed by atoms with E-state index in [2.05, 4.69) is 10.3 Å². The lowest BCUT2D eigenvalue weighted by Crippen LogP contribution is -2.16. The molecule has 8 nitrogen and oxygen atoms in total. The summed E-state index contributed by atoms with van der Waals surface area (Å²) in [6.45, 7) is -0.0177. The summed E-state index contributed by atoms with van der Waals surface area (Å²) in [5.41, 5.74) is 0.756. The summed E-state index contributed by atoms with van der Waals surface area (Å²) in [6.07, 6.45) is 1.59. The topological polar surface area (TPSA) is 111 Å². The quantitative estimate of drug-likeness (QED) is 0.368. The highest BCUT2D eigenvalue weighted by Crippen LogP contribution is 2.24. The van der Waals surface area contributed by atoms with Gasteiger partial charge < -0.3 is 10.1 Å². The minimum Gasteiger partial charge on any atom is -0.456 e. The van der Waals surface area contributed by atoms with Crippen LogP contribution in [0.25, 0.3) is 0 Å². The Morgan fingerprint density at radius 2 is 1.83 bits per heavy atom. The maximum Gasteiger partial charge on any atom is 0.340 e. The van der Waals surface area contributed by atoms with Gasteiger partial charge in [-0.1, -0.05) is 29.8 Å². The predicted molar refractivity (Wildman–Crippen MR) is 106 cm³/mol. The van der Waals surface area contributed by atoms with Crippen molar-refractivity contribution < 1.29 is 19.2 Å². The Labute approximate surface area is 170 Å². The van der Waals surface area contributed by atoms with Crippen molar-refractivity contribution in [3.05, 3.63) is 98.8 Å². The zero-order chi connectivity index (χ0) is 20.8. The van der Waals surface area contributed by atoms with Gasteiger partial charge in [0.05, 0.1) is 32.5 Å². The largest absolute Gasteiger partial charge is 0.456 e. The SMILES string of the molecule is O=C(Nc1ccccc1C(=O)OCc1ccccn1)c1ccc([N+](=O)[O-])cc1Cl. The van der Waals surface area contributed by atoms with Gasteiger partial charge in [-0.3, -0.25) is 19.9 Å². The Morgan fingerprint density at radius 1 is 1.07 bits per heavy atom. The third kappa shape index (κ3) is 4.94. The number of anilines is 1. The van der Waals surface area contributed by atoms with Crippen molar-refractivity contribution in [2.24, 2.45) is 0 Å². The number of amides is 1. The number of nitro benzene ring substituents is 1. The fourth-order valence-electron chi connectivity index (χ4n) is 2.46. The maximum absolute atomic E-state index is 12.5. The number of nitro groups is 1. The Kier molecular flexibility index (Phi) is 6.16. The molecule has 0 saturated carbocycles. The lowest BCUT2D eigenvalue weighted by molar-refractivity contribution is -0.384. The van der Waals surface area contributed by atoms with E-state index in [1.165, 1.54) is 24.3 Å². The zero-order valence-corrected chi connectivity index (χ0v) is 15.6. The number of hydrogen-bond donors (Lipinski definition) is 1. The van der Waals surface area contributed by atoms with Crippen molar-refractivity contribution in [3.63, 3.8) is 0 Å². The van der Waals surface area contributed by atoms with Crippen molar-refractivity contribution in [2.75, 3.05) is 5.32 Å². The van der Waals surface area contributed by atoms with Gasteiger partial charge in [-0.25, -0.2) is 4.79 Å². The van der Waals surface area contributed by atoms with Gasteiger partial charge in [-0.15, -0.1) is 0 Å². The normalized spacial score (nSPS) is 10.2. The number of hydrogen-bond acceptors (Lipinski definition) is 6. The average molecular weight is 412 g/mol. The molecule has 0 aliphatic carbocycles. The van der Waals surface area contributed by atoms with Crippen LogP contribution < -0.4 is 5.32 Å². The number of rotatable bonds is 6. The Morgan fingerprint density at radius 3 is 2.52 bits per heavy atom. The molecule has 0 fully saturated rings. The van der Waals surface area contributed by atoms with Crippen molar-refractivity contribution >= 4 is 34.9 Å². The molecule has 0 radical (unpaired) electrons. The first-order valence-corrected chi connectivity index (χ1v) is 8.75. The minimum atomic E-state index is -0.638. The van der Waals surface area contributed by atoms with Crippen LogP contribution in [0.3, 0.4) is 0 Å². The third-order valence-corrected chi connectivity index (χ3v) is 4.19. The van der Waals surface area contributed by atoms with Crippen LogP contribution in [0.5, 0.6) is 0 Å². The molecule has 9 heteroatoms. The maximum atomic E-state index is 12.5. The second-order valence-electron chi connectivity index (χ2n) is 5.82. The van der Waals surface area contributed by atoms with Gasteiger partial charge in [0, 0.05) is 18.3 Å². The molecule has 1 aromatic heterocycles. The predicted octanol–water partition coefficient (Wildman–Crippen LogP) is 4.25. The van der Waals surface area contributed by atoms with Gasteiger partial charge in [-0.2, -0.15) is 0 Å². The average Bonchev–Trinajstić information content (AvgIpc) is 2.73. The molecule has 0 saturated heterocycles. The number of pyridine rings is 1. The van der Waals surface area contributed by atoms with E-state index in [0.717, 1.165) is 6.07 Å². The van der Waals surface area contributed by atoms with Crippen LogP contribution in [0.1, 0.15) is 26.4 Å². The standard InChI is InChI=1S/C20H14ClN3O5/c21-17-11-14(24(27)28)8-9-15(17)19(25)23-18-7-2-1-6-16(18)20(26)29-12-13-5-3-4-10-22-13/h1-11H,12H2,(H,23,25). The molecule has 0 aliphatic rings. The van der Waals surface area contributed by atoms with Crippen molar-refractivity contribution in [1.29, 1.82) is 0 Å². The number of halogens is 1. The van der Waals surface area contributed by atoms with Gasteiger partial charge in [-0.05, 0) is 30.3 Å². The Bertz CT molecular complexity index is 1070. The number of ether oxygens (including phenoxy) is 1. The van der Waals surface area contributed by atoms with Gasteiger partial charge in [0.25, 0.3) is 11.6 Å². The van der Waals surface area contributed by atoms with Crippen LogP contribution in [0.15, 0.2) is 66.9 Å². The number of benzene rings is 2. The molecule has 1 heterocycles. The molecule has 3 rings (SSSR count). The zero-order valence-electron chi connectivity index (χ0n) is 14.9. The van der Waals surface area contributed by atoms with Gasteiger partial charge in [0.2, 0.25) is 0 Å². The molecule has 0 unspecified atom stereocenters. The van der Waals surface area contributed by atoms with Crippen LogP contribution >= 0.6 is 11.6 Å². The molecular weight excluding hydrogens is 398 g/mol. The van der Waals surface area contributed by atoms with Crippen LogP contribution in [0.4, 0.5) is 11.4 Å². The summed E-state index contributed by atoms with van der Waals surface area (Å²) in [6, 6.07) is 15.1. The molecule has 1 N–H and O–H groups in total. The molecule has 29 heavy (non-hydrogen) atoms. The second kappa shape index (κ2) is 8.94. The van der Waals surface area contributed by atoms with Gasteiger partial charge in [0.1, 0.15) is 6.61 Å². The third-order valence-electron chi connectivity index (χ3n) is 3.88. The van der Waals surface area contributed by atoms with E-state index in [9.17, 15) is 19.7 Å². The summed E-state index contributed by atoms with van der Waals surface area (Å²) < 4.78 is 5.25. The number of aromatic nitrogens is 1. The van der Waals surface area contributed by atoms with Crippen LogP contribution in [0, 0.1) is 10.1 Å². The van der Waals surface area contributed by atoms with Crippen molar-refractivity contribution in [2.45, 2.75) is 6.61 Å². The van der Waals surface area contributed by atoms with Crippen molar-refractivity contribution in [3.8, 4) is 0 Å². The first kappa shape index (κ1) is 20.0. The summed E-state index contributed by atoms with van der Waals surface area (Å²) in [7, 11) is 0. The van der Waals surface area contributed by atoms with E-state index in [4.69, 9.17) is 16.3 Å². The molecule has 3 aromatic rings. The number of nitrogens with zero attached hydrogens (tertiary/aromatic N) is 2. The van der Waals surface area contributed by atoms with E-state index in [1.54, 1.807) is 36.5 Å². The number of esters is 1. The fourth-order valence-corrected chi connectivity index (χ4v) is 2.72. The van der Waals surface area contributed by atoms with E-state index in [-0.39, 0.29) is 34.1 Å². The fraction of sp³-hybridized carbons (Fsp3) is 0.0500. The minimum absolute atomic E-state index is 0.0177. The Balaban J connectivity index is 1.75. The highest BCUT2D eigenvalue weighted by Gasteiger charge is 2.18. The highest BCUT2D eigenvalue weighted by molar-refractivity contribution is 6.34. The molecular formula is C20H14ClN3O5. The summed E-state index contributed by atoms with van der Waals surface area (Å²) in [4.78, 5) is 39.2. The molecule has 146 valence electrons. The molecule has 0 bridgehead atoms. The highest BCUT2D eigenvalue weighted by atomic mass is 35.5. The first-order valence-electron chi connectivity index (χ1n) is 8.37. The van der Waals surface area contributed by atoms with Gasteiger partial charge >= 0.3 is 5.97 Å². The monoisotopic (exact) mass is 411 g/mol. The lowest BCUT2D eigenvalue weighted by atomic mass is 10.1. The number of para-hydroxylation sites is 1. The number of carbonyl (C=O) groups excluding carboxylic acids is 2. The van der Waals surface area contributed by atoms with Crippen molar-refractivity contribution in [1.82, 2.24) is 4.98 Å². The molecule has 2 aromatic carbocycles. The van der Waals surface area contributed by atoms with E-state index < -0.39 is 16.8 Å². The Hall–Kier alpha value is -3.78. The second-order valence-corrected chi connectivity index (χ2v) is 6.23. The van der Waals surface area contributed by atoms with E-state index in [1.807, 2.05) is 0 Å². The van der Waals surface area contributed by atoms with Crippen LogP contribution in [-0.2, 0) is 11.3 Å². The lowest BCUT2D eigenvalue weighted by Gasteiger charge is -2.11. The molecule has 0 spiro atoms. The summed E-state index contributed by atoms with van der Waals surface area (Å²) in [5.74, 6) is -1.25. The number of carbonyl (C=O) groups is 2. The first-order chi connectivity index (χ1) is 14.0.